The van der Waals surface area contributed by atoms with Gasteiger partial charge < -0.3 is 19.7 Å². The highest BCUT2D eigenvalue weighted by Gasteiger charge is 2.38. The summed E-state index contributed by atoms with van der Waals surface area (Å²) < 4.78 is 7.58. The third kappa shape index (κ3) is 5.28. The summed E-state index contributed by atoms with van der Waals surface area (Å²) in [5.74, 6) is 0.215. The molecule has 5 rings (SSSR count). The third-order valence-electron chi connectivity index (χ3n) is 6.51. The fourth-order valence-corrected chi connectivity index (χ4v) is 4.56. The minimum absolute atomic E-state index is 0.214. The lowest BCUT2D eigenvalue weighted by molar-refractivity contribution is -0.0485. The molecule has 0 aliphatic heterocycles. The van der Waals surface area contributed by atoms with Crippen molar-refractivity contribution in [2.75, 3.05) is 5.32 Å². The quantitative estimate of drug-likeness (QED) is 0.372. The van der Waals surface area contributed by atoms with E-state index in [1.165, 1.54) is 0 Å². The molecule has 8 heteroatoms. The van der Waals surface area contributed by atoms with Crippen molar-refractivity contribution in [2.24, 2.45) is 0 Å². The molecule has 184 valence electrons. The zero-order valence-electron chi connectivity index (χ0n) is 20.4. The van der Waals surface area contributed by atoms with Crippen LogP contribution in [0.3, 0.4) is 0 Å². The molecule has 2 aromatic heterocycles. The number of hydrogen-bond donors (Lipinski definition) is 2. The smallest absolute Gasteiger partial charge is 0.338 e. The highest BCUT2D eigenvalue weighted by atomic mass is 16.5. The minimum Gasteiger partial charge on any atom is -0.459 e. The van der Waals surface area contributed by atoms with Gasteiger partial charge in [-0.3, -0.25) is 0 Å². The van der Waals surface area contributed by atoms with E-state index in [4.69, 9.17) is 4.74 Å². The van der Waals surface area contributed by atoms with Gasteiger partial charge in [0.15, 0.2) is 0 Å². The highest BCUT2D eigenvalue weighted by Crippen LogP contribution is 2.38. The summed E-state index contributed by atoms with van der Waals surface area (Å²) in [5.41, 5.74) is 3.84. The SMILES string of the molecule is Cc1cc(Nc2nccc(C)n2)cc(-n2cnc(C3(O)CCC(OC(=O)c4ccccc4)CC3)c2)c1. The number of hydrogen-bond acceptors (Lipinski definition) is 7. The van der Waals surface area contributed by atoms with Gasteiger partial charge in [-0.15, -0.1) is 0 Å². The first-order valence-electron chi connectivity index (χ1n) is 12.1. The summed E-state index contributed by atoms with van der Waals surface area (Å²) in [5, 5.41) is 14.6. The second kappa shape index (κ2) is 9.91. The Balaban J connectivity index is 1.26. The molecule has 2 N–H and O–H groups in total. The van der Waals surface area contributed by atoms with Crippen molar-refractivity contribution in [1.82, 2.24) is 19.5 Å². The topological polar surface area (TPSA) is 102 Å². The fourth-order valence-electron chi connectivity index (χ4n) is 4.56. The molecule has 1 fully saturated rings. The zero-order chi connectivity index (χ0) is 25.1. The molecule has 0 spiro atoms. The molecule has 0 radical (unpaired) electrons. The number of aliphatic hydroxyl groups is 1. The summed E-state index contributed by atoms with van der Waals surface area (Å²) in [6.45, 7) is 3.95. The number of ether oxygens (including phenoxy) is 1. The lowest BCUT2D eigenvalue weighted by Gasteiger charge is -2.34. The minimum atomic E-state index is -1.05. The van der Waals surface area contributed by atoms with Crippen molar-refractivity contribution < 1.29 is 14.6 Å². The van der Waals surface area contributed by atoms with Crippen molar-refractivity contribution >= 4 is 17.6 Å². The highest BCUT2D eigenvalue weighted by molar-refractivity contribution is 5.89. The number of anilines is 2. The Kier molecular flexibility index (Phi) is 6.52. The zero-order valence-corrected chi connectivity index (χ0v) is 20.4. The van der Waals surface area contributed by atoms with Crippen LogP contribution in [0, 0.1) is 13.8 Å². The van der Waals surface area contributed by atoms with Gasteiger partial charge in [-0.2, -0.15) is 0 Å². The van der Waals surface area contributed by atoms with Crippen LogP contribution in [0.2, 0.25) is 0 Å². The van der Waals surface area contributed by atoms with E-state index >= 15 is 0 Å². The van der Waals surface area contributed by atoms with Crippen LogP contribution in [-0.4, -0.2) is 36.7 Å². The Bertz CT molecular complexity index is 1360. The number of aryl methyl sites for hydroxylation is 2. The molecule has 1 aliphatic rings. The van der Waals surface area contributed by atoms with Crippen LogP contribution in [0.5, 0.6) is 0 Å². The predicted octanol–water partition coefficient (Wildman–Crippen LogP) is 5.01. The van der Waals surface area contributed by atoms with E-state index < -0.39 is 5.60 Å². The van der Waals surface area contributed by atoms with Crippen LogP contribution < -0.4 is 5.32 Å². The number of imidazole rings is 1. The molecule has 0 atom stereocenters. The molecule has 0 amide bonds. The van der Waals surface area contributed by atoms with E-state index in [1.54, 1.807) is 24.7 Å². The first-order valence-corrected chi connectivity index (χ1v) is 12.1. The molecule has 0 unspecified atom stereocenters. The van der Waals surface area contributed by atoms with Gasteiger partial charge in [0, 0.05) is 29.5 Å². The van der Waals surface area contributed by atoms with E-state index in [1.807, 2.05) is 61.0 Å². The summed E-state index contributed by atoms with van der Waals surface area (Å²) >= 11 is 0. The monoisotopic (exact) mass is 483 g/mol. The predicted molar refractivity (Wildman–Crippen MR) is 136 cm³/mol. The summed E-state index contributed by atoms with van der Waals surface area (Å²) in [4.78, 5) is 25.6. The molecular formula is C28H29N5O3. The first-order chi connectivity index (χ1) is 17.4. The van der Waals surface area contributed by atoms with Crippen LogP contribution in [0.25, 0.3) is 5.69 Å². The number of nitrogens with one attached hydrogen (secondary N) is 1. The molecule has 8 nitrogen and oxygen atoms in total. The van der Waals surface area contributed by atoms with Crippen LogP contribution in [0.1, 0.15) is 53.0 Å². The largest absolute Gasteiger partial charge is 0.459 e. The van der Waals surface area contributed by atoms with E-state index in [9.17, 15) is 9.90 Å². The van der Waals surface area contributed by atoms with Gasteiger partial charge in [-0.1, -0.05) is 18.2 Å². The number of carbonyl (C=O) groups excluding carboxylic acids is 1. The maximum absolute atomic E-state index is 12.4. The van der Waals surface area contributed by atoms with Gasteiger partial charge in [0.25, 0.3) is 0 Å². The second-order valence-electron chi connectivity index (χ2n) is 9.37. The average molecular weight is 484 g/mol. The maximum Gasteiger partial charge on any atom is 0.338 e. The molecule has 1 saturated carbocycles. The molecule has 4 aromatic rings. The number of carbonyl (C=O) groups is 1. The van der Waals surface area contributed by atoms with E-state index in [2.05, 4.69) is 26.3 Å². The molecule has 0 saturated heterocycles. The van der Waals surface area contributed by atoms with Gasteiger partial charge in [-0.25, -0.2) is 19.7 Å². The Morgan fingerprint density at radius 3 is 2.61 bits per heavy atom. The maximum atomic E-state index is 12.4. The van der Waals surface area contributed by atoms with Gasteiger partial charge in [0.1, 0.15) is 11.7 Å². The number of benzene rings is 2. The van der Waals surface area contributed by atoms with Crippen LogP contribution in [-0.2, 0) is 10.3 Å². The first kappa shape index (κ1) is 23.7. The number of rotatable bonds is 6. The molecular weight excluding hydrogens is 454 g/mol. The van der Waals surface area contributed by atoms with Crippen LogP contribution >= 0.6 is 0 Å². The molecule has 2 aromatic carbocycles. The Labute approximate surface area is 210 Å². The molecule has 2 heterocycles. The van der Waals surface area contributed by atoms with Gasteiger partial charge >= 0.3 is 5.97 Å². The third-order valence-corrected chi connectivity index (χ3v) is 6.51. The average Bonchev–Trinajstić information content (AvgIpc) is 3.37. The van der Waals surface area contributed by atoms with Gasteiger partial charge in [-0.05, 0) is 81.5 Å². The normalized spacial score (nSPS) is 19.6. The summed E-state index contributed by atoms with van der Waals surface area (Å²) in [6.07, 6.45) is 7.21. The van der Waals surface area contributed by atoms with Gasteiger partial charge in [0.05, 0.1) is 17.6 Å². The Morgan fingerprint density at radius 1 is 1.08 bits per heavy atom. The summed E-state index contributed by atoms with van der Waals surface area (Å²) in [6, 6.07) is 16.9. The van der Waals surface area contributed by atoms with Crippen LogP contribution in [0.4, 0.5) is 11.6 Å². The van der Waals surface area contributed by atoms with Crippen molar-refractivity contribution in [3.63, 3.8) is 0 Å². The Morgan fingerprint density at radius 2 is 1.86 bits per heavy atom. The Hall–Kier alpha value is -4.04. The van der Waals surface area contributed by atoms with Crippen molar-refractivity contribution in [3.05, 3.63) is 95.8 Å². The van der Waals surface area contributed by atoms with E-state index in [0.29, 0.717) is 42.9 Å². The van der Waals surface area contributed by atoms with E-state index in [0.717, 1.165) is 22.6 Å². The standard InChI is InChI=1S/C28H29N5O3/c1-19-14-22(32-27-29-13-10-20(2)31-27)16-23(15-19)33-17-25(30-18-33)28(35)11-8-24(9-12-28)36-26(34)21-6-4-3-5-7-21/h3-7,10,13-18,24,35H,8-9,11-12H2,1-2H3,(H,29,31,32). The van der Waals surface area contributed by atoms with Crippen molar-refractivity contribution in [2.45, 2.75) is 51.2 Å². The summed E-state index contributed by atoms with van der Waals surface area (Å²) in [7, 11) is 0. The number of nitrogens with zero attached hydrogens (tertiary/aromatic N) is 4. The molecule has 1 aliphatic carbocycles. The second-order valence-corrected chi connectivity index (χ2v) is 9.37. The van der Waals surface area contributed by atoms with Gasteiger partial charge in [0.2, 0.25) is 5.95 Å². The molecule has 0 bridgehead atoms. The van der Waals surface area contributed by atoms with Crippen molar-refractivity contribution in [3.8, 4) is 5.69 Å². The van der Waals surface area contributed by atoms with E-state index in [-0.39, 0.29) is 12.1 Å². The lowest BCUT2D eigenvalue weighted by atomic mass is 9.81. The number of esters is 1. The number of aromatic nitrogens is 4. The van der Waals surface area contributed by atoms with Crippen LogP contribution in [0.15, 0.2) is 73.3 Å². The fraction of sp³-hybridized carbons (Fsp3) is 0.286. The van der Waals surface area contributed by atoms with Crippen molar-refractivity contribution in [1.29, 1.82) is 0 Å². The molecule has 36 heavy (non-hydrogen) atoms. The lowest BCUT2D eigenvalue weighted by Crippen LogP contribution is -2.35.